The van der Waals surface area contributed by atoms with Crippen LogP contribution in [-0.2, 0) is 11.2 Å². The smallest absolute Gasteiger partial charge is 0.227 e. The molecular weight excluding hydrogens is 338 g/mol. The molecule has 0 saturated heterocycles. The summed E-state index contributed by atoms with van der Waals surface area (Å²) in [6, 6.07) is 7.63. The van der Waals surface area contributed by atoms with E-state index in [1.807, 2.05) is 24.3 Å². The molecule has 0 aliphatic carbocycles. The topological polar surface area (TPSA) is 54.9 Å². The van der Waals surface area contributed by atoms with Crippen LogP contribution < -0.4 is 5.32 Å². The second-order valence-corrected chi connectivity index (χ2v) is 7.78. The maximum absolute atomic E-state index is 11.9. The number of hydrogen-bond acceptors (Lipinski definition) is 5. The van der Waals surface area contributed by atoms with Gasteiger partial charge < -0.3 is 5.32 Å². The van der Waals surface area contributed by atoms with Gasteiger partial charge in [0.05, 0.1) is 5.02 Å². The zero-order chi connectivity index (χ0) is 15.9. The molecule has 0 unspecified atom stereocenters. The van der Waals surface area contributed by atoms with Gasteiger partial charge in [0.25, 0.3) is 0 Å². The van der Waals surface area contributed by atoms with E-state index in [4.69, 9.17) is 11.6 Å². The zero-order valence-electron chi connectivity index (χ0n) is 12.5. The highest BCUT2D eigenvalue weighted by atomic mass is 35.5. The van der Waals surface area contributed by atoms with Gasteiger partial charge in [-0.1, -0.05) is 48.9 Å². The zero-order valence-corrected chi connectivity index (χ0v) is 14.9. The Kier molecular flexibility index (Phi) is 6.67. The van der Waals surface area contributed by atoms with Crippen LogP contribution in [0.4, 0.5) is 5.13 Å². The van der Waals surface area contributed by atoms with E-state index in [1.54, 1.807) is 11.8 Å². The van der Waals surface area contributed by atoms with Crippen molar-refractivity contribution < 1.29 is 4.79 Å². The lowest BCUT2D eigenvalue weighted by Gasteiger charge is -2.03. The van der Waals surface area contributed by atoms with Crippen LogP contribution in [0.25, 0.3) is 0 Å². The van der Waals surface area contributed by atoms with Gasteiger partial charge in [-0.05, 0) is 18.1 Å². The molecule has 0 spiro atoms. The van der Waals surface area contributed by atoms with Gasteiger partial charge in [-0.3, -0.25) is 4.79 Å². The molecule has 22 heavy (non-hydrogen) atoms. The molecule has 0 saturated carbocycles. The van der Waals surface area contributed by atoms with Crippen LogP contribution in [0.2, 0.25) is 5.02 Å². The van der Waals surface area contributed by atoms with Crippen LogP contribution >= 0.6 is 34.7 Å². The number of carbonyl (C=O) groups excluding carboxylic acids is 1. The average molecular weight is 356 g/mol. The number of amides is 1. The number of halogens is 1. The van der Waals surface area contributed by atoms with Crippen LogP contribution in [0.15, 0.2) is 29.2 Å². The molecule has 0 atom stereocenters. The normalized spacial score (nSPS) is 10.9. The maximum atomic E-state index is 11.9. The highest BCUT2D eigenvalue weighted by molar-refractivity contribution is 7.99. The minimum atomic E-state index is -0.0493. The summed E-state index contributed by atoms with van der Waals surface area (Å²) in [5, 5.41) is 13.1. The van der Waals surface area contributed by atoms with Gasteiger partial charge in [0.2, 0.25) is 11.0 Å². The van der Waals surface area contributed by atoms with Crippen molar-refractivity contribution in [2.75, 3.05) is 11.1 Å². The van der Waals surface area contributed by atoms with Crippen molar-refractivity contribution in [1.29, 1.82) is 0 Å². The lowest BCUT2D eigenvalue weighted by atomic mass is 10.1. The van der Waals surface area contributed by atoms with E-state index in [1.165, 1.54) is 11.3 Å². The first-order chi connectivity index (χ1) is 10.5. The third-order valence-electron chi connectivity index (χ3n) is 2.72. The van der Waals surface area contributed by atoms with Crippen LogP contribution in [0.5, 0.6) is 0 Å². The van der Waals surface area contributed by atoms with Gasteiger partial charge in [0.1, 0.15) is 5.01 Å². The molecule has 0 bridgehead atoms. The molecule has 118 valence electrons. The number of benzene rings is 1. The van der Waals surface area contributed by atoms with Crippen molar-refractivity contribution in [2.45, 2.75) is 31.6 Å². The van der Waals surface area contributed by atoms with E-state index >= 15 is 0 Å². The number of carbonyl (C=O) groups is 1. The molecule has 1 aromatic heterocycles. The minimum Gasteiger partial charge on any atom is -0.301 e. The molecule has 0 aliphatic heterocycles. The molecule has 0 aliphatic rings. The number of anilines is 1. The summed E-state index contributed by atoms with van der Waals surface area (Å²) in [6.07, 6.45) is 1.30. The summed E-state index contributed by atoms with van der Waals surface area (Å²) >= 11 is 9.09. The first kappa shape index (κ1) is 17.2. The number of nitrogens with zero attached hydrogens (tertiary/aromatic N) is 2. The lowest BCUT2D eigenvalue weighted by Crippen LogP contribution is -2.11. The molecule has 0 radical (unpaired) electrons. The van der Waals surface area contributed by atoms with Gasteiger partial charge in [-0.15, -0.1) is 22.0 Å². The van der Waals surface area contributed by atoms with E-state index in [9.17, 15) is 4.79 Å². The first-order valence-corrected chi connectivity index (χ1v) is 9.22. The molecule has 1 aromatic carbocycles. The fourth-order valence-electron chi connectivity index (χ4n) is 1.73. The predicted octanol–water partition coefficient (Wildman–Crippen LogP) is 4.51. The Morgan fingerprint density at radius 1 is 1.36 bits per heavy atom. The van der Waals surface area contributed by atoms with E-state index < -0.39 is 0 Å². The third-order valence-corrected chi connectivity index (χ3v) is 5.10. The molecule has 1 N–H and O–H groups in total. The highest BCUT2D eigenvalue weighted by Crippen LogP contribution is 2.27. The summed E-state index contributed by atoms with van der Waals surface area (Å²) in [7, 11) is 0. The Balaban J connectivity index is 1.76. The van der Waals surface area contributed by atoms with Crippen LogP contribution in [0.3, 0.4) is 0 Å². The van der Waals surface area contributed by atoms with E-state index in [0.717, 1.165) is 21.3 Å². The van der Waals surface area contributed by atoms with Gasteiger partial charge in [-0.2, -0.15) is 0 Å². The maximum Gasteiger partial charge on any atom is 0.227 e. The fraction of sp³-hybridized carbons (Fsp3) is 0.400. The largest absolute Gasteiger partial charge is 0.301 e. The van der Waals surface area contributed by atoms with E-state index in [-0.39, 0.29) is 5.91 Å². The van der Waals surface area contributed by atoms with Crippen LogP contribution in [0, 0.1) is 5.92 Å². The third kappa shape index (κ3) is 5.59. The average Bonchev–Trinajstić information content (AvgIpc) is 2.87. The van der Waals surface area contributed by atoms with Crippen molar-refractivity contribution in [3.8, 4) is 0 Å². The molecule has 7 heteroatoms. The van der Waals surface area contributed by atoms with Crippen LogP contribution in [-0.4, -0.2) is 21.9 Å². The Labute approximate surface area is 143 Å². The Morgan fingerprint density at radius 3 is 2.86 bits per heavy atom. The number of hydrogen-bond donors (Lipinski definition) is 1. The quantitative estimate of drug-likeness (QED) is 0.742. The second kappa shape index (κ2) is 8.50. The van der Waals surface area contributed by atoms with Gasteiger partial charge in [0, 0.05) is 23.5 Å². The molecule has 0 fully saturated rings. The van der Waals surface area contributed by atoms with Crippen molar-refractivity contribution in [2.24, 2.45) is 5.92 Å². The minimum absolute atomic E-state index is 0.0493. The summed E-state index contributed by atoms with van der Waals surface area (Å²) in [5.41, 5.74) is 0. The summed E-state index contributed by atoms with van der Waals surface area (Å²) in [6.45, 7) is 4.26. The molecule has 1 heterocycles. The Morgan fingerprint density at radius 2 is 2.14 bits per heavy atom. The Bertz CT molecular complexity index is 631. The molecular formula is C15H18ClN3OS2. The monoisotopic (exact) mass is 355 g/mol. The summed E-state index contributed by atoms with van der Waals surface area (Å²) in [4.78, 5) is 12.9. The fourth-order valence-corrected chi connectivity index (χ4v) is 3.89. The number of rotatable bonds is 7. The number of aromatic nitrogens is 2. The Hall–Kier alpha value is -1.11. The van der Waals surface area contributed by atoms with Gasteiger partial charge in [-0.25, -0.2) is 0 Å². The van der Waals surface area contributed by atoms with Gasteiger partial charge >= 0.3 is 0 Å². The van der Waals surface area contributed by atoms with Crippen molar-refractivity contribution in [3.05, 3.63) is 34.3 Å². The number of thioether (sulfide) groups is 1. The van der Waals surface area contributed by atoms with Crippen molar-refractivity contribution in [1.82, 2.24) is 10.2 Å². The molecule has 2 aromatic rings. The second-order valence-electron chi connectivity index (χ2n) is 5.18. The molecule has 2 rings (SSSR count). The van der Waals surface area contributed by atoms with E-state index in [2.05, 4.69) is 29.4 Å². The molecule has 4 nitrogen and oxygen atoms in total. The van der Waals surface area contributed by atoms with Crippen molar-refractivity contribution >= 4 is 45.7 Å². The van der Waals surface area contributed by atoms with Crippen molar-refractivity contribution in [3.63, 3.8) is 0 Å². The SMILES string of the molecule is CC(C)Cc1nnc(NC(=O)CCSc2ccccc2Cl)s1. The standard InChI is InChI=1S/C15H18ClN3OS2/c1-10(2)9-14-18-19-15(22-14)17-13(20)7-8-21-12-6-4-3-5-11(12)16/h3-6,10H,7-9H2,1-2H3,(H,17,19,20). The van der Waals surface area contributed by atoms with Crippen LogP contribution in [0.1, 0.15) is 25.3 Å². The summed E-state index contributed by atoms with van der Waals surface area (Å²) in [5.74, 6) is 1.16. The predicted molar refractivity (Wildman–Crippen MR) is 93.9 cm³/mol. The first-order valence-electron chi connectivity index (χ1n) is 7.04. The molecule has 1 amide bonds. The lowest BCUT2D eigenvalue weighted by molar-refractivity contribution is -0.115. The highest BCUT2D eigenvalue weighted by Gasteiger charge is 2.10. The number of nitrogens with one attached hydrogen (secondary N) is 1. The van der Waals surface area contributed by atoms with Gasteiger partial charge in [0.15, 0.2) is 0 Å². The summed E-state index contributed by atoms with van der Waals surface area (Å²) < 4.78 is 0. The van der Waals surface area contributed by atoms with E-state index in [0.29, 0.717) is 23.2 Å².